The Bertz CT molecular complexity index is 1230. The highest BCUT2D eigenvalue weighted by molar-refractivity contribution is 7.92. The monoisotopic (exact) mass is 454 g/mol. The van der Waals surface area contributed by atoms with Gasteiger partial charge in [-0.15, -0.1) is 0 Å². The van der Waals surface area contributed by atoms with Gasteiger partial charge in [0, 0.05) is 17.8 Å². The number of non-ortho nitro benzene ring substituents is 1. The molecular formula is C22H22N4O5S. The summed E-state index contributed by atoms with van der Waals surface area (Å²) in [6, 6.07) is 19.2. The number of anilines is 2. The molecule has 0 spiro atoms. The van der Waals surface area contributed by atoms with Crippen LogP contribution in [0.4, 0.5) is 17.1 Å². The van der Waals surface area contributed by atoms with E-state index in [1.807, 2.05) is 37.3 Å². The molecule has 0 aliphatic rings. The van der Waals surface area contributed by atoms with Crippen molar-refractivity contribution in [3.8, 4) is 5.75 Å². The highest BCUT2D eigenvalue weighted by atomic mass is 32.2. The normalized spacial score (nSPS) is 11.6. The lowest BCUT2D eigenvalue weighted by molar-refractivity contribution is -0.385. The number of nitro benzene ring substituents is 1. The molecule has 32 heavy (non-hydrogen) atoms. The highest BCUT2D eigenvalue weighted by Gasteiger charge is 2.23. The zero-order valence-corrected chi connectivity index (χ0v) is 18.3. The fourth-order valence-electron chi connectivity index (χ4n) is 2.91. The van der Waals surface area contributed by atoms with Gasteiger partial charge in [-0.25, -0.2) is 8.42 Å². The maximum absolute atomic E-state index is 13.1. The molecule has 9 nitrogen and oxygen atoms in total. The van der Waals surface area contributed by atoms with Crippen molar-refractivity contribution >= 4 is 32.8 Å². The third-order valence-electron chi connectivity index (χ3n) is 4.56. The van der Waals surface area contributed by atoms with Crippen LogP contribution in [-0.2, 0) is 10.0 Å². The summed E-state index contributed by atoms with van der Waals surface area (Å²) >= 11 is 0. The van der Waals surface area contributed by atoms with Crippen LogP contribution in [0, 0.1) is 10.1 Å². The smallest absolute Gasteiger partial charge is 0.270 e. The molecular weight excluding hydrogens is 432 g/mol. The van der Waals surface area contributed by atoms with E-state index >= 15 is 0 Å². The molecule has 0 aromatic heterocycles. The molecule has 0 radical (unpaired) electrons. The van der Waals surface area contributed by atoms with Crippen LogP contribution in [0.1, 0.15) is 18.9 Å². The van der Waals surface area contributed by atoms with E-state index in [1.165, 1.54) is 31.4 Å². The van der Waals surface area contributed by atoms with Gasteiger partial charge < -0.3 is 4.74 Å². The molecule has 10 heteroatoms. The first kappa shape index (κ1) is 22.8. The molecule has 0 aliphatic heterocycles. The summed E-state index contributed by atoms with van der Waals surface area (Å²) in [7, 11) is -2.67. The van der Waals surface area contributed by atoms with E-state index in [9.17, 15) is 18.5 Å². The van der Waals surface area contributed by atoms with Crippen molar-refractivity contribution in [2.75, 3.05) is 17.3 Å². The van der Waals surface area contributed by atoms with Crippen molar-refractivity contribution in [1.29, 1.82) is 0 Å². The number of hydrogen-bond donors (Lipinski definition) is 2. The molecule has 0 saturated carbocycles. The van der Waals surface area contributed by atoms with E-state index in [2.05, 4.69) is 15.2 Å². The van der Waals surface area contributed by atoms with Crippen LogP contribution in [0.15, 0.2) is 82.8 Å². The molecule has 0 amide bonds. The number of ether oxygens (including phenoxy) is 1. The van der Waals surface area contributed by atoms with Crippen LogP contribution in [0.2, 0.25) is 0 Å². The van der Waals surface area contributed by atoms with Crippen LogP contribution in [-0.4, -0.2) is 26.2 Å². The predicted molar refractivity (Wildman–Crippen MR) is 124 cm³/mol. The van der Waals surface area contributed by atoms with Gasteiger partial charge >= 0.3 is 0 Å². The molecule has 3 rings (SSSR count). The number of benzene rings is 3. The van der Waals surface area contributed by atoms with Gasteiger partial charge in [-0.3, -0.25) is 20.3 Å². The van der Waals surface area contributed by atoms with Gasteiger partial charge in [-0.05, 0) is 42.3 Å². The average Bonchev–Trinajstić information content (AvgIpc) is 2.80. The van der Waals surface area contributed by atoms with E-state index in [0.717, 1.165) is 11.6 Å². The SMILES string of the molecule is CC/C(=N/Nc1ccc([N+](=O)[O-])cc1S(=O)(=O)Nc1ccc(OC)cc1)c1ccccc1. The van der Waals surface area contributed by atoms with Gasteiger partial charge in [0.05, 0.1) is 23.4 Å². The predicted octanol–water partition coefficient (Wildman–Crippen LogP) is 4.63. The Labute approximate surface area is 185 Å². The Kier molecular flexibility index (Phi) is 7.06. The van der Waals surface area contributed by atoms with Crippen molar-refractivity contribution in [2.24, 2.45) is 5.10 Å². The van der Waals surface area contributed by atoms with E-state index in [1.54, 1.807) is 12.1 Å². The number of nitrogens with one attached hydrogen (secondary N) is 2. The first-order chi connectivity index (χ1) is 15.3. The van der Waals surface area contributed by atoms with Crippen LogP contribution >= 0.6 is 0 Å². The van der Waals surface area contributed by atoms with Crippen molar-refractivity contribution in [1.82, 2.24) is 0 Å². The molecule has 2 N–H and O–H groups in total. The number of rotatable bonds is 9. The van der Waals surface area contributed by atoms with Crippen molar-refractivity contribution in [3.05, 3.63) is 88.5 Å². The Hall–Kier alpha value is -3.92. The zero-order valence-electron chi connectivity index (χ0n) is 17.5. The second-order valence-corrected chi connectivity index (χ2v) is 8.31. The lowest BCUT2D eigenvalue weighted by Crippen LogP contribution is -2.15. The molecule has 3 aromatic rings. The minimum atomic E-state index is -4.17. The molecule has 0 saturated heterocycles. The number of methoxy groups -OCH3 is 1. The summed E-state index contributed by atoms with van der Waals surface area (Å²) < 4.78 is 33.7. The summed E-state index contributed by atoms with van der Waals surface area (Å²) in [5.41, 5.74) is 4.39. The first-order valence-electron chi connectivity index (χ1n) is 9.67. The van der Waals surface area contributed by atoms with Gasteiger partial charge in [0.1, 0.15) is 10.6 Å². The molecule has 3 aromatic carbocycles. The second-order valence-electron chi connectivity index (χ2n) is 6.66. The van der Waals surface area contributed by atoms with Gasteiger partial charge in [-0.1, -0.05) is 37.3 Å². The second kappa shape index (κ2) is 9.92. The summed E-state index contributed by atoms with van der Waals surface area (Å²) in [5.74, 6) is 0.563. The first-order valence-corrected chi connectivity index (χ1v) is 11.2. The molecule has 0 fully saturated rings. The van der Waals surface area contributed by atoms with Crippen LogP contribution in [0.3, 0.4) is 0 Å². The zero-order chi connectivity index (χ0) is 23.1. The lowest BCUT2D eigenvalue weighted by Gasteiger charge is -2.13. The standard InChI is InChI=1S/C22H22N4O5S/c1-3-20(16-7-5-4-6-8-16)23-24-21-14-11-18(26(27)28)15-22(21)32(29,30)25-17-9-12-19(31-2)13-10-17/h4-15,24-25H,3H2,1-2H3/b23-20-. The fraction of sp³-hybridized carbons (Fsp3) is 0.136. The third kappa shape index (κ3) is 5.41. The van der Waals surface area contributed by atoms with Crippen molar-refractivity contribution in [2.45, 2.75) is 18.2 Å². The number of sulfonamides is 1. The Morgan fingerprint density at radius 1 is 1.06 bits per heavy atom. The number of nitro groups is 1. The number of hydrogen-bond acceptors (Lipinski definition) is 7. The summed E-state index contributed by atoms with van der Waals surface area (Å²) in [6.07, 6.45) is 0.593. The molecule has 0 atom stereocenters. The highest BCUT2D eigenvalue weighted by Crippen LogP contribution is 2.29. The summed E-state index contributed by atoms with van der Waals surface area (Å²) in [6.45, 7) is 1.92. The maximum Gasteiger partial charge on any atom is 0.270 e. The van der Waals surface area contributed by atoms with Gasteiger partial charge in [0.25, 0.3) is 15.7 Å². The lowest BCUT2D eigenvalue weighted by atomic mass is 10.1. The van der Waals surface area contributed by atoms with Crippen LogP contribution < -0.4 is 14.9 Å². The molecule has 0 unspecified atom stereocenters. The number of hydrazone groups is 1. The minimum absolute atomic E-state index is 0.110. The molecule has 0 bridgehead atoms. The van der Waals surface area contributed by atoms with E-state index < -0.39 is 14.9 Å². The average molecular weight is 455 g/mol. The topological polar surface area (TPSA) is 123 Å². The van der Waals surface area contributed by atoms with E-state index in [4.69, 9.17) is 4.74 Å². The number of nitrogens with zero attached hydrogens (tertiary/aromatic N) is 2. The molecule has 0 aliphatic carbocycles. The Morgan fingerprint density at radius 3 is 2.34 bits per heavy atom. The fourth-order valence-corrected chi connectivity index (χ4v) is 4.15. The van der Waals surface area contributed by atoms with Crippen LogP contribution in [0.25, 0.3) is 0 Å². The Balaban J connectivity index is 1.98. The van der Waals surface area contributed by atoms with E-state index in [-0.39, 0.29) is 22.0 Å². The minimum Gasteiger partial charge on any atom is -0.497 e. The Morgan fingerprint density at radius 2 is 1.75 bits per heavy atom. The van der Waals surface area contributed by atoms with E-state index in [0.29, 0.717) is 17.9 Å². The maximum atomic E-state index is 13.1. The molecule has 0 heterocycles. The quantitative estimate of drug-likeness (QED) is 0.276. The summed E-state index contributed by atoms with van der Waals surface area (Å²) in [5, 5.41) is 15.6. The van der Waals surface area contributed by atoms with Gasteiger partial charge in [0.15, 0.2) is 0 Å². The molecule has 166 valence electrons. The van der Waals surface area contributed by atoms with Crippen LogP contribution in [0.5, 0.6) is 5.75 Å². The summed E-state index contributed by atoms with van der Waals surface area (Å²) in [4.78, 5) is 10.3. The largest absolute Gasteiger partial charge is 0.497 e. The third-order valence-corrected chi connectivity index (χ3v) is 5.98. The van der Waals surface area contributed by atoms with Gasteiger partial charge in [-0.2, -0.15) is 5.10 Å². The van der Waals surface area contributed by atoms with Crippen molar-refractivity contribution < 1.29 is 18.1 Å². The van der Waals surface area contributed by atoms with Gasteiger partial charge in [0.2, 0.25) is 0 Å². The van der Waals surface area contributed by atoms with Crippen molar-refractivity contribution in [3.63, 3.8) is 0 Å².